The van der Waals surface area contributed by atoms with Crippen LogP contribution in [-0.4, -0.2) is 34.8 Å². The third kappa shape index (κ3) is 3.77. The number of aryl methyl sites for hydroxylation is 1. The van der Waals surface area contributed by atoms with Crippen LogP contribution in [0.25, 0.3) is 0 Å². The number of nitrogens with two attached hydrogens (primary N) is 2. The normalized spacial score (nSPS) is 19.1. The lowest BCUT2D eigenvalue weighted by molar-refractivity contribution is -0.119. The number of hydrogen-bond donors (Lipinski definition) is 2. The summed E-state index contributed by atoms with van der Waals surface area (Å²) in [5.74, 6) is -0.643. The van der Waals surface area contributed by atoms with E-state index in [1.54, 1.807) is 0 Å². The molecule has 2 amide bonds. The minimum Gasteiger partial charge on any atom is -0.370 e. The second-order valence-corrected chi connectivity index (χ2v) is 5.11. The predicted molar refractivity (Wildman–Crippen MR) is 74.5 cm³/mol. The number of nitrogens with zero attached hydrogens (tertiary/aromatic N) is 2. The van der Waals surface area contributed by atoms with E-state index < -0.39 is 0 Å². The van der Waals surface area contributed by atoms with Gasteiger partial charge in [-0.1, -0.05) is 6.07 Å². The highest BCUT2D eigenvalue weighted by Gasteiger charge is 2.27. The molecule has 1 atom stereocenters. The van der Waals surface area contributed by atoms with Crippen molar-refractivity contribution in [2.24, 2.45) is 11.5 Å². The smallest absolute Gasteiger partial charge is 0.231 e. The highest BCUT2D eigenvalue weighted by Crippen LogP contribution is 2.30. The first-order chi connectivity index (χ1) is 9.56. The minimum absolute atomic E-state index is 0.135. The molecule has 1 unspecified atom stereocenters. The quantitative estimate of drug-likeness (QED) is 0.770. The van der Waals surface area contributed by atoms with Gasteiger partial charge in [0.05, 0.1) is 18.3 Å². The van der Waals surface area contributed by atoms with Crippen LogP contribution < -0.4 is 11.5 Å². The van der Waals surface area contributed by atoms with Crippen molar-refractivity contribution in [2.75, 3.05) is 13.1 Å². The summed E-state index contributed by atoms with van der Waals surface area (Å²) in [7, 11) is 0. The summed E-state index contributed by atoms with van der Waals surface area (Å²) in [5.41, 5.74) is 12.2. The predicted octanol–water partition coefficient (Wildman–Crippen LogP) is 0.122. The largest absolute Gasteiger partial charge is 0.370 e. The second-order valence-electron chi connectivity index (χ2n) is 5.11. The van der Waals surface area contributed by atoms with E-state index in [0.717, 1.165) is 30.8 Å². The van der Waals surface area contributed by atoms with E-state index in [1.165, 1.54) is 0 Å². The monoisotopic (exact) mass is 276 g/mol. The van der Waals surface area contributed by atoms with Gasteiger partial charge in [-0.2, -0.15) is 0 Å². The van der Waals surface area contributed by atoms with Gasteiger partial charge in [0.15, 0.2) is 0 Å². The molecule has 0 radical (unpaired) electrons. The summed E-state index contributed by atoms with van der Waals surface area (Å²) in [5, 5.41) is 0. The zero-order valence-corrected chi connectivity index (χ0v) is 11.4. The van der Waals surface area contributed by atoms with Crippen LogP contribution >= 0.6 is 0 Å². The molecule has 20 heavy (non-hydrogen) atoms. The summed E-state index contributed by atoms with van der Waals surface area (Å²) < 4.78 is 0. The van der Waals surface area contributed by atoms with Crippen LogP contribution in [0.5, 0.6) is 0 Å². The zero-order valence-electron chi connectivity index (χ0n) is 11.4. The fourth-order valence-corrected chi connectivity index (χ4v) is 2.62. The van der Waals surface area contributed by atoms with Crippen molar-refractivity contribution in [3.05, 3.63) is 29.6 Å². The molecule has 0 aromatic carbocycles. The Hall–Kier alpha value is -1.95. The van der Waals surface area contributed by atoms with Gasteiger partial charge in [-0.25, -0.2) is 0 Å². The van der Waals surface area contributed by atoms with Crippen LogP contribution in [0.1, 0.15) is 36.7 Å². The van der Waals surface area contributed by atoms with Crippen molar-refractivity contribution in [1.82, 2.24) is 9.88 Å². The van der Waals surface area contributed by atoms with Gasteiger partial charge in [0.25, 0.3) is 0 Å². The van der Waals surface area contributed by atoms with Gasteiger partial charge in [-0.3, -0.25) is 19.5 Å². The average Bonchev–Trinajstić information content (AvgIpc) is 2.84. The molecule has 1 aromatic rings. The van der Waals surface area contributed by atoms with Gasteiger partial charge in [0.2, 0.25) is 11.8 Å². The Morgan fingerprint density at radius 3 is 2.80 bits per heavy atom. The van der Waals surface area contributed by atoms with E-state index in [0.29, 0.717) is 12.8 Å². The number of carbonyl (C=O) groups excluding carboxylic acids is 2. The Morgan fingerprint density at radius 1 is 1.30 bits per heavy atom. The summed E-state index contributed by atoms with van der Waals surface area (Å²) >= 11 is 0. The van der Waals surface area contributed by atoms with Crippen LogP contribution in [0.3, 0.4) is 0 Å². The number of hydrogen-bond acceptors (Lipinski definition) is 4. The van der Waals surface area contributed by atoms with Crippen LogP contribution in [0.15, 0.2) is 18.2 Å². The van der Waals surface area contributed by atoms with Crippen molar-refractivity contribution in [2.45, 2.75) is 31.7 Å². The topological polar surface area (TPSA) is 102 Å². The summed E-state index contributed by atoms with van der Waals surface area (Å²) in [6, 6.07) is 5.91. The minimum atomic E-state index is -0.326. The van der Waals surface area contributed by atoms with E-state index in [1.807, 2.05) is 18.2 Å². The van der Waals surface area contributed by atoms with E-state index >= 15 is 0 Å². The van der Waals surface area contributed by atoms with Gasteiger partial charge < -0.3 is 11.5 Å². The van der Waals surface area contributed by atoms with Gasteiger partial charge in [0.1, 0.15) is 0 Å². The highest BCUT2D eigenvalue weighted by atomic mass is 16.1. The number of rotatable bonds is 6. The molecule has 0 aliphatic carbocycles. The fraction of sp³-hybridized carbons (Fsp3) is 0.500. The van der Waals surface area contributed by atoms with Crippen molar-refractivity contribution in [3.63, 3.8) is 0 Å². The number of aromatic nitrogens is 1. The first kappa shape index (κ1) is 14.5. The molecule has 4 N–H and O–H groups in total. The maximum Gasteiger partial charge on any atom is 0.231 e. The Bertz CT molecular complexity index is 504. The van der Waals surface area contributed by atoms with Crippen LogP contribution in [0.2, 0.25) is 0 Å². The lowest BCUT2D eigenvalue weighted by Gasteiger charge is -2.22. The number of likely N-dealkylation sites (tertiary alicyclic amines) is 1. The van der Waals surface area contributed by atoms with Gasteiger partial charge in [-0.05, 0) is 37.9 Å². The third-order valence-electron chi connectivity index (χ3n) is 3.52. The molecule has 6 heteroatoms. The molecule has 108 valence electrons. The SMILES string of the molecule is NC(=O)CCc1cccc(C2CCCN2CC(N)=O)n1. The molecule has 0 bridgehead atoms. The summed E-state index contributed by atoms with van der Waals surface area (Å²) in [6.07, 6.45) is 2.85. The number of primary amides is 2. The molecule has 0 spiro atoms. The van der Waals surface area contributed by atoms with Crippen LogP contribution in [0, 0.1) is 0 Å². The molecular weight excluding hydrogens is 256 g/mol. The highest BCUT2D eigenvalue weighted by molar-refractivity contribution is 5.76. The molecule has 2 heterocycles. The van der Waals surface area contributed by atoms with Crippen molar-refractivity contribution < 1.29 is 9.59 Å². The Balaban J connectivity index is 2.09. The molecular formula is C14H20N4O2. The number of carbonyl (C=O) groups is 2. The van der Waals surface area contributed by atoms with E-state index in [4.69, 9.17) is 11.5 Å². The van der Waals surface area contributed by atoms with Gasteiger partial charge in [0, 0.05) is 12.1 Å². The van der Waals surface area contributed by atoms with Crippen LogP contribution in [-0.2, 0) is 16.0 Å². The van der Waals surface area contributed by atoms with Crippen LogP contribution in [0.4, 0.5) is 0 Å². The maximum absolute atomic E-state index is 11.1. The molecule has 1 aliphatic rings. The van der Waals surface area contributed by atoms with Gasteiger partial charge in [-0.15, -0.1) is 0 Å². The first-order valence-electron chi connectivity index (χ1n) is 6.83. The first-order valence-corrected chi connectivity index (χ1v) is 6.83. The fourth-order valence-electron chi connectivity index (χ4n) is 2.62. The van der Waals surface area contributed by atoms with Gasteiger partial charge >= 0.3 is 0 Å². The maximum atomic E-state index is 11.1. The number of pyridine rings is 1. The lowest BCUT2D eigenvalue weighted by atomic mass is 10.1. The standard InChI is InChI=1S/C14H20N4O2/c15-13(19)7-6-10-3-1-4-11(17-10)12-5-2-8-18(12)9-14(16)20/h1,3-4,12H,2,5-9H2,(H2,15,19)(H2,16,20). The third-order valence-corrected chi connectivity index (χ3v) is 3.52. The second kappa shape index (κ2) is 6.47. The summed E-state index contributed by atoms with van der Waals surface area (Å²) in [4.78, 5) is 28.5. The van der Waals surface area contributed by atoms with E-state index in [2.05, 4.69) is 9.88 Å². The average molecular weight is 276 g/mol. The molecule has 6 nitrogen and oxygen atoms in total. The molecule has 1 saturated heterocycles. The van der Waals surface area contributed by atoms with Crippen molar-refractivity contribution in [3.8, 4) is 0 Å². The molecule has 2 rings (SSSR count). The number of amides is 2. The lowest BCUT2D eigenvalue weighted by Crippen LogP contribution is -2.33. The molecule has 1 fully saturated rings. The Kier molecular flexibility index (Phi) is 4.68. The Morgan fingerprint density at radius 2 is 2.10 bits per heavy atom. The van der Waals surface area contributed by atoms with Crippen molar-refractivity contribution >= 4 is 11.8 Å². The van der Waals surface area contributed by atoms with E-state index in [9.17, 15) is 9.59 Å². The molecule has 0 saturated carbocycles. The van der Waals surface area contributed by atoms with Crippen molar-refractivity contribution in [1.29, 1.82) is 0 Å². The molecule has 1 aromatic heterocycles. The zero-order chi connectivity index (χ0) is 14.5. The Labute approximate surface area is 118 Å². The van der Waals surface area contributed by atoms with E-state index in [-0.39, 0.29) is 24.4 Å². The summed E-state index contributed by atoms with van der Waals surface area (Å²) in [6.45, 7) is 1.12. The molecule has 1 aliphatic heterocycles.